The molecule has 6 nitrogen and oxygen atoms in total. The minimum absolute atomic E-state index is 0.0119. The van der Waals surface area contributed by atoms with Crippen molar-refractivity contribution in [2.75, 3.05) is 0 Å². The van der Waals surface area contributed by atoms with E-state index in [0.29, 0.717) is 17.3 Å². The van der Waals surface area contributed by atoms with Crippen molar-refractivity contribution in [2.24, 2.45) is 0 Å². The van der Waals surface area contributed by atoms with E-state index in [4.69, 9.17) is 5.11 Å². The molecule has 0 fully saturated rings. The van der Waals surface area contributed by atoms with Gasteiger partial charge in [-0.15, -0.1) is 0 Å². The number of carboxylic acids is 1. The second-order valence-corrected chi connectivity index (χ2v) is 3.89. The van der Waals surface area contributed by atoms with Crippen molar-refractivity contribution < 1.29 is 9.90 Å². The van der Waals surface area contributed by atoms with Crippen LogP contribution in [-0.4, -0.2) is 31.0 Å². The second-order valence-electron chi connectivity index (χ2n) is 3.89. The Morgan fingerprint density at radius 3 is 2.71 bits per heavy atom. The summed E-state index contributed by atoms with van der Waals surface area (Å²) in [6.45, 7) is 3.78. The van der Waals surface area contributed by atoms with Gasteiger partial charge in [-0.1, -0.05) is 13.8 Å². The van der Waals surface area contributed by atoms with Gasteiger partial charge in [-0.3, -0.25) is 0 Å². The van der Waals surface area contributed by atoms with Crippen molar-refractivity contribution in [1.82, 2.24) is 19.9 Å². The molecule has 0 saturated carbocycles. The van der Waals surface area contributed by atoms with E-state index in [2.05, 4.69) is 19.9 Å². The molecule has 0 unspecified atom stereocenters. The molecule has 88 valence electrons. The summed E-state index contributed by atoms with van der Waals surface area (Å²) in [5.41, 5.74) is 0.647. The average Bonchev–Trinajstić information content (AvgIpc) is 2.81. The summed E-state index contributed by atoms with van der Waals surface area (Å²) in [6.07, 6.45) is 4.58. The molecule has 0 aliphatic carbocycles. The smallest absolute Gasteiger partial charge is 0.339 e. The van der Waals surface area contributed by atoms with Gasteiger partial charge in [-0.2, -0.15) is 0 Å². The van der Waals surface area contributed by atoms with E-state index in [0.717, 1.165) is 0 Å². The lowest BCUT2D eigenvalue weighted by Gasteiger charge is -2.08. The van der Waals surface area contributed by atoms with Gasteiger partial charge in [0, 0.05) is 18.6 Å². The van der Waals surface area contributed by atoms with E-state index in [-0.39, 0.29) is 11.5 Å². The maximum atomic E-state index is 11.0. The van der Waals surface area contributed by atoms with Gasteiger partial charge in [0.1, 0.15) is 0 Å². The Balaban J connectivity index is 2.53. The van der Waals surface area contributed by atoms with Crippen LogP contribution in [0.2, 0.25) is 0 Å². The molecule has 2 aromatic rings. The zero-order valence-electron chi connectivity index (χ0n) is 9.51. The molecule has 17 heavy (non-hydrogen) atoms. The summed E-state index contributed by atoms with van der Waals surface area (Å²) < 4.78 is 0. The van der Waals surface area contributed by atoms with Crippen LogP contribution in [0, 0.1) is 0 Å². The molecule has 0 radical (unpaired) electrons. The Morgan fingerprint density at radius 2 is 2.18 bits per heavy atom. The zero-order valence-corrected chi connectivity index (χ0v) is 9.51. The van der Waals surface area contributed by atoms with E-state index < -0.39 is 5.97 Å². The van der Waals surface area contributed by atoms with Gasteiger partial charge < -0.3 is 10.1 Å². The number of nitrogens with one attached hydrogen (secondary N) is 1. The maximum Gasteiger partial charge on any atom is 0.339 e. The van der Waals surface area contributed by atoms with Crippen molar-refractivity contribution in [3.05, 3.63) is 29.8 Å². The third kappa shape index (κ3) is 2.15. The molecular formula is C11H12N4O2. The molecule has 0 aliphatic heterocycles. The monoisotopic (exact) mass is 232 g/mol. The molecule has 2 aromatic heterocycles. The third-order valence-electron chi connectivity index (χ3n) is 2.31. The number of aromatic nitrogens is 4. The fourth-order valence-corrected chi connectivity index (χ4v) is 1.50. The Kier molecular flexibility index (Phi) is 2.86. The van der Waals surface area contributed by atoms with Gasteiger partial charge >= 0.3 is 5.97 Å². The topological polar surface area (TPSA) is 91.8 Å². The average molecular weight is 232 g/mol. The van der Waals surface area contributed by atoms with Gasteiger partial charge in [0.2, 0.25) is 0 Å². The first-order chi connectivity index (χ1) is 8.09. The number of carboxylic acid groups (broad SMARTS) is 1. The summed E-state index contributed by atoms with van der Waals surface area (Å²) in [5.74, 6) is -0.0648. The Labute approximate surface area is 97.8 Å². The minimum atomic E-state index is -1.01. The molecular weight excluding hydrogens is 220 g/mol. The van der Waals surface area contributed by atoms with Crippen LogP contribution in [0.5, 0.6) is 0 Å². The SMILES string of the molecule is CC(C)c1nc(-c2ncc[nH]2)ncc1C(=O)O. The lowest BCUT2D eigenvalue weighted by atomic mass is 10.1. The van der Waals surface area contributed by atoms with Gasteiger partial charge in [-0.05, 0) is 5.92 Å². The summed E-state index contributed by atoms with van der Waals surface area (Å²) in [6, 6.07) is 0. The highest BCUT2D eigenvalue weighted by Gasteiger charge is 2.17. The molecule has 2 heterocycles. The molecule has 0 atom stereocenters. The van der Waals surface area contributed by atoms with E-state index in [1.54, 1.807) is 12.4 Å². The van der Waals surface area contributed by atoms with Crippen molar-refractivity contribution in [3.63, 3.8) is 0 Å². The Bertz CT molecular complexity index is 534. The fraction of sp³-hybridized carbons (Fsp3) is 0.273. The van der Waals surface area contributed by atoms with Gasteiger partial charge in [0.25, 0.3) is 0 Å². The first kappa shape index (κ1) is 11.3. The summed E-state index contributed by atoms with van der Waals surface area (Å²) in [5, 5.41) is 9.03. The van der Waals surface area contributed by atoms with E-state index in [9.17, 15) is 4.79 Å². The summed E-state index contributed by atoms with van der Waals surface area (Å²) in [7, 11) is 0. The normalized spacial score (nSPS) is 10.8. The van der Waals surface area contributed by atoms with Crippen LogP contribution in [-0.2, 0) is 0 Å². The largest absolute Gasteiger partial charge is 0.478 e. The molecule has 0 aromatic carbocycles. The molecule has 2 rings (SSSR count). The van der Waals surface area contributed by atoms with E-state index in [1.807, 2.05) is 13.8 Å². The van der Waals surface area contributed by atoms with Gasteiger partial charge in [-0.25, -0.2) is 19.7 Å². The van der Waals surface area contributed by atoms with Crippen LogP contribution < -0.4 is 0 Å². The quantitative estimate of drug-likeness (QED) is 0.840. The van der Waals surface area contributed by atoms with E-state index in [1.165, 1.54) is 6.20 Å². The van der Waals surface area contributed by atoms with Crippen LogP contribution in [0.3, 0.4) is 0 Å². The lowest BCUT2D eigenvalue weighted by Crippen LogP contribution is -2.09. The number of imidazole rings is 1. The predicted molar refractivity (Wildman–Crippen MR) is 60.7 cm³/mol. The van der Waals surface area contributed by atoms with Crippen LogP contribution in [0.15, 0.2) is 18.6 Å². The molecule has 2 N–H and O–H groups in total. The lowest BCUT2D eigenvalue weighted by molar-refractivity contribution is 0.0694. The highest BCUT2D eigenvalue weighted by Crippen LogP contribution is 2.19. The highest BCUT2D eigenvalue weighted by atomic mass is 16.4. The van der Waals surface area contributed by atoms with Crippen molar-refractivity contribution in [3.8, 4) is 11.6 Å². The number of H-pyrrole nitrogens is 1. The number of nitrogens with zero attached hydrogens (tertiary/aromatic N) is 3. The maximum absolute atomic E-state index is 11.0. The number of aromatic amines is 1. The molecule has 0 aliphatic rings. The highest BCUT2D eigenvalue weighted by molar-refractivity contribution is 5.88. The molecule has 6 heteroatoms. The fourth-order valence-electron chi connectivity index (χ4n) is 1.50. The summed E-state index contributed by atoms with van der Waals surface area (Å²) >= 11 is 0. The van der Waals surface area contributed by atoms with Gasteiger partial charge in [0.15, 0.2) is 11.6 Å². The van der Waals surface area contributed by atoms with Gasteiger partial charge in [0.05, 0.1) is 11.3 Å². The molecule has 0 spiro atoms. The standard InChI is InChI=1S/C11H12N4O2/c1-6(2)8-7(11(16)17)5-14-10(15-8)9-12-3-4-13-9/h3-6H,1-2H3,(H,12,13)(H,16,17). The first-order valence-electron chi connectivity index (χ1n) is 5.19. The third-order valence-corrected chi connectivity index (χ3v) is 2.31. The van der Waals surface area contributed by atoms with Crippen molar-refractivity contribution in [1.29, 1.82) is 0 Å². The van der Waals surface area contributed by atoms with Crippen LogP contribution >= 0.6 is 0 Å². The number of hydrogen-bond donors (Lipinski definition) is 2. The van der Waals surface area contributed by atoms with Crippen LogP contribution in [0.4, 0.5) is 0 Å². The minimum Gasteiger partial charge on any atom is -0.478 e. The predicted octanol–water partition coefficient (Wildman–Crippen LogP) is 1.69. The number of carbonyl (C=O) groups is 1. The van der Waals surface area contributed by atoms with Crippen LogP contribution in [0.1, 0.15) is 35.8 Å². The van der Waals surface area contributed by atoms with E-state index >= 15 is 0 Å². The Hall–Kier alpha value is -2.24. The first-order valence-corrected chi connectivity index (χ1v) is 5.19. The molecule has 0 amide bonds. The molecule has 0 saturated heterocycles. The molecule has 0 bridgehead atoms. The van der Waals surface area contributed by atoms with Crippen molar-refractivity contribution in [2.45, 2.75) is 19.8 Å². The Morgan fingerprint density at radius 1 is 1.41 bits per heavy atom. The number of hydrogen-bond acceptors (Lipinski definition) is 4. The van der Waals surface area contributed by atoms with Crippen LogP contribution in [0.25, 0.3) is 11.6 Å². The zero-order chi connectivity index (χ0) is 12.4. The second kappa shape index (κ2) is 4.32. The number of rotatable bonds is 3. The number of aromatic carboxylic acids is 1. The van der Waals surface area contributed by atoms with Crippen molar-refractivity contribution >= 4 is 5.97 Å². The summed E-state index contributed by atoms with van der Waals surface area (Å²) in [4.78, 5) is 26.2.